The van der Waals surface area contributed by atoms with Crippen LogP contribution >= 0.6 is 38.5 Å². The topological polar surface area (TPSA) is 34.1 Å². The molecule has 4 heteroatoms. The van der Waals surface area contributed by atoms with Crippen molar-refractivity contribution in [1.29, 1.82) is 0 Å². The Morgan fingerprint density at radius 3 is 2.54 bits per heavy atom. The minimum atomic E-state index is -0.00581. The molecule has 0 aliphatic heterocycles. The molecule has 0 saturated carbocycles. The molecule has 13 heavy (non-hydrogen) atoms. The average molecular weight is 353 g/mol. The average Bonchev–Trinajstić information content (AvgIpc) is 2.02. The molecular weight excluding hydrogens is 347 g/mol. The van der Waals surface area contributed by atoms with E-state index >= 15 is 0 Å². The minimum absolute atomic E-state index is 0.00581. The molecule has 2 nitrogen and oxygen atoms in total. The lowest BCUT2D eigenvalue weighted by molar-refractivity contribution is 0.101. The largest absolute Gasteiger partial charge is 0.298 e. The molecular formula is C9H6BrIO2. The number of Topliss-reactive ketones (excluding diaryl/α,β-unsaturated/α-hetero) is 1. The van der Waals surface area contributed by atoms with Gasteiger partial charge in [-0.15, -0.1) is 0 Å². The Morgan fingerprint density at radius 1 is 1.54 bits per heavy atom. The number of carbonyl (C=O) groups is 2. The van der Waals surface area contributed by atoms with Crippen molar-refractivity contribution < 1.29 is 9.59 Å². The summed E-state index contributed by atoms with van der Waals surface area (Å²) in [4.78, 5) is 21.6. The van der Waals surface area contributed by atoms with Crippen LogP contribution in [0.3, 0.4) is 0 Å². The van der Waals surface area contributed by atoms with E-state index in [1.54, 1.807) is 12.1 Å². The number of aldehydes is 1. The molecule has 0 aromatic heterocycles. The van der Waals surface area contributed by atoms with E-state index in [9.17, 15) is 9.59 Å². The van der Waals surface area contributed by atoms with Crippen LogP contribution in [-0.4, -0.2) is 12.1 Å². The third-order valence-electron chi connectivity index (χ3n) is 1.55. The molecule has 0 saturated heterocycles. The van der Waals surface area contributed by atoms with Gasteiger partial charge >= 0.3 is 0 Å². The fourth-order valence-corrected chi connectivity index (χ4v) is 3.15. The molecule has 1 rings (SSSR count). The van der Waals surface area contributed by atoms with Crippen molar-refractivity contribution >= 4 is 50.6 Å². The molecule has 0 atom stereocenters. The third kappa shape index (κ3) is 2.37. The first-order valence-corrected chi connectivity index (χ1v) is 5.38. The van der Waals surface area contributed by atoms with E-state index in [0.29, 0.717) is 15.6 Å². The first-order valence-electron chi connectivity index (χ1n) is 3.51. The molecule has 0 aliphatic carbocycles. The van der Waals surface area contributed by atoms with Crippen LogP contribution in [0.2, 0.25) is 0 Å². The molecule has 0 amide bonds. The number of benzene rings is 1. The number of rotatable bonds is 2. The van der Waals surface area contributed by atoms with E-state index in [2.05, 4.69) is 15.9 Å². The van der Waals surface area contributed by atoms with Gasteiger partial charge in [0.1, 0.15) is 6.29 Å². The zero-order valence-corrected chi connectivity index (χ0v) is 10.5. The molecule has 0 aliphatic rings. The molecule has 0 heterocycles. The predicted molar refractivity (Wildman–Crippen MR) is 62.3 cm³/mol. The van der Waals surface area contributed by atoms with Crippen molar-refractivity contribution in [3.8, 4) is 0 Å². The molecule has 0 N–H and O–H groups in total. The molecule has 0 bridgehead atoms. The number of ketones is 1. The fourth-order valence-electron chi connectivity index (χ4n) is 0.997. The van der Waals surface area contributed by atoms with Gasteiger partial charge in [-0.3, -0.25) is 9.59 Å². The molecule has 0 radical (unpaired) electrons. The van der Waals surface area contributed by atoms with Gasteiger partial charge in [0, 0.05) is 19.2 Å². The fraction of sp³-hybridized carbons (Fsp3) is 0.111. The second kappa shape index (κ2) is 4.32. The van der Waals surface area contributed by atoms with Crippen LogP contribution in [0, 0.1) is 3.57 Å². The van der Waals surface area contributed by atoms with Gasteiger partial charge in [-0.25, -0.2) is 0 Å². The molecule has 0 fully saturated rings. The summed E-state index contributed by atoms with van der Waals surface area (Å²) in [6, 6.07) is 3.33. The monoisotopic (exact) mass is 352 g/mol. The Balaban J connectivity index is 3.39. The van der Waals surface area contributed by atoms with Crippen molar-refractivity contribution in [3.63, 3.8) is 0 Å². The van der Waals surface area contributed by atoms with Gasteiger partial charge in [0.05, 0.1) is 0 Å². The van der Waals surface area contributed by atoms with Crippen molar-refractivity contribution in [2.45, 2.75) is 6.92 Å². The highest BCUT2D eigenvalue weighted by Gasteiger charge is 2.10. The Morgan fingerprint density at radius 2 is 2.15 bits per heavy atom. The van der Waals surface area contributed by atoms with Gasteiger partial charge < -0.3 is 0 Å². The quantitative estimate of drug-likeness (QED) is 0.465. The first kappa shape index (κ1) is 10.8. The zero-order valence-electron chi connectivity index (χ0n) is 6.80. The second-order valence-corrected chi connectivity index (χ2v) is 4.55. The maximum Gasteiger partial charge on any atom is 0.162 e. The van der Waals surface area contributed by atoms with E-state index in [1.165, 1.54) is 6.92 Å². The van der Waals surface area contributed by atoms with Crippen molar-refractivity contribution in [1.82, 2.24) is 0 Å². The third-order valence-corrected chi connectivity index (χ3v) is 3.03. The van der Waals surface area contributed by atoms with E-state index in [-0.39, 0.29) is 5.78 Å². The summed E-state index contributed by atoms with van der Waals surface area (Å²) in [5.41, 5.74) is 1.20. The number of hydrogen-bond acceptors (Lipinski definition) is 2. The summed E-state index contributed by atoms with van der Waals surface area (Å²) < 4.78 is 1.47. The van der Waals surface area contributed by atoms with Crippen LogP contribution in [0.25, 0.3) is 0 Å². The van der Waals surface area contributed by atoms with Crippen LogP contribution in [-0.2, 0) is 0 Å². The van der Waals surface area contributed by atoms with Crippen LogP contribution in [0.4, 0.5) is 0 Å². The van der Waals surface area contributed by atoms with E-state index in [4.69, 9.17) is 0 Å². The van der Waals surface area contributed by atoms with Crippen molar-refractivity contribution in [3.05, 3.63) is 31.3 Å². The van der Waals surface area contributed by atoms with Gasteiger partial charge in [0.2, 0.25) is 0 Å². The zero-order chi connectivity index (χ0) is 10.0. The molecule has 0 unspecified atom stereocenters. The van der Waals surface area contributed by atoms with Crippen LogP contribution < -0.4 is 0 Å². The Bertz CT molecular complexity index is 351. The Kier molecular flexibility index (Phi) is 3.61. The van der Waals surface area contributed by atoms with Gasteiger partial charge in [-0.1, -0.05) is 0 Å². The highest BCUT2D eigenvalue weighted by atomic mass is 127. The van der Waals surface area contributed by atoms with Crippen LogP contribution in [0.5, 0.6) is 0 Å². The van der Waals surface area contributed by atoms with Crippen LogP contribution in [0.1, 0.15) is 27.6 Å². The number of carbonyl (C=O) groups excluding carboxylic acids is 2. The van der Waals surface area contributed by atoms with E-state index in [0.717, 1.165) is 9.86 Å². The smallest absolute Gasteiger partial charge is 0.162 e. The lowest BCUT2D eigenvalue weighted by atomic mass is 10.1. The molecule has 1 aromatic carbocycles. The van der Waals surface area contributed by atoms with Crippen molar-refractivity contribution in [2.24, 2.45) is 0 Å². The first-order chi connectivity index (χ1) is 6.06. The standard InChI is InChI=1S/C9H6BrIO2/c1-5(13)9-7(10)2-6(4-12)3-8(9)11/h2-4H,1H3. The highest BCUT2D eigenvalue weighted by molar-refractivity contribution is 14.1. The van der Waals surface area contributed by atoms with Crippen LogP contribution in [0.15, 0.2) is 16.6 Å². The highest BCUT2D eigenvalue weighted by Crippen LogP contribution is 2.24. The van der Waals surface area contributed by atoms with Gasteiger partial charge in [0.25, 0.3) is 0 Å². The minimum Gasteiger partial charge on any atom is -0.298 e. The summed E-state index contributed by atoms with van der Waals surface area (Å²) >= 11 is 5.30. The summed E-state index contributed by atoms with van der Waals surface area (Å²) in [5.74, 6) is -0.00581. The normalized spacial score (nSPS) is 9.77. The summed E-state index contributed by atoms with van der Waals surface area (Å²) in [5, 5.41) is 0. The molecule has 0 spiro atoms. The summed E-state index contributed by atoms with van der Waals surface area (Å²) in [6.07, 6.45) is 0.761. The Hall–Kier alpha value is -0.230. The number of halogens is 2. The van der Waals surface area contributed by atoms with Gasteiger partial charge in [0.15, 0.2) is 5.78 Å². The second-order valence-electron chi connectivity index (χ2n) is 2.53. The SMILES string of the molecule is CC(=O)c1c(Br)cc(C=O)cc1I. The Labute approximate surface area is 98.0 Å². The van der Waals surface area contributed by atoms with E-state index in [1.807, 2.05) is 22.6 Å². The maximum absolute atomic E-state index is 11.2. The molecule has 68 valence electrons. The predicted octanol–water partition coefficient (Wildman–Crippen LogP) is 3.07. The van der Waals surface area contributed by atoms with Crippen molar-refractivity contribution in [2.75, 3.05) is 0 Å². The summed E-state index contributed by atoms with van der Waals surface area (Å²) in [6.45, 7) is 1.50. The maximum atomic E-state index is 11.2. The summed E-state index contributed by atoms with van der Waals surface area (Å²) in [7, 11) is 0. The lowest BCUT2D eigenvalue weighted by Gasteiger charge is -2.03. The molecule has 1 aromatic rings. The van der Waals surface area contributed by atoms with E-state index < -0.39 is 0 Å². The lowest BCUT2D eigenvalue weighted by Crippen LogP contribution is -1.99. The van der Waals surface area contributed by atoms with Gasteiger partial charge in [-0.2, -0.15) is 0 Å². The van der Waals surface area contributed by atoms with Gasteiger partial charge in [-0.05, 0) is 57.6 Å². The number of hydrogen-bond donors (Lipinski definition) is 0.